The number of H-pyrrole nitrogens is 1. The highest BCUT2D eigenvalue weighted by molar-refractivity contribution is 5.94. The number of amides is 1. The van der Waals surface area contributed by atoms with Crippen LogP contribution >= 0.6 is 0 Å². The average Bonchev–Trinajstić information content (AvgIpc) is 3.04. The van der Waals surface area contributed by atoms with Crippen LogP contribution in [0.3, 0.4) is 0 Å². The zero-order valence-corrected chi connectivity index (χ0v) is 15.8. The highest BCUT2D eigenvalue weighted by Crippen LogP contribution is 2.38. The maximum absolute atomic E-state index is 12.8. The van der Waals surface area contributed by atoms with Crippen LogP contribution in [0.2, 0.25) is 0 Å². The Hall–Kier alpha value is -3.09. The van der Waals surface area contributed by atoms with Gasteiger partial charge in [-0.3, -0.25) is 9.59 Å². The molecule has 7 heteroatoms. The molecule has 0 radical (unpaired) electrons. The van der Waals surface area contributed by atoms with Gasteiger partial charge in [-0.25, -0.2) is 4.68 Å². The van der Waals surface area contributed by atoms with E-state index >= 15 is 0 Å². The molecule has 4 rings (SSSR count). The SMILES string of the molecule is COc1ccc2cc([C@@H]3CC(=O)Nc4c3cnn4C(C)(C)C)c(=O)[nH]c2c1. The van der Waals surface area contributed by atoms with Crippen molar-refractivity contribution in [3.63, 3.8) is 0 Å². The van der Waals surface area contributed by atoms with E-state index in [2.05, 4.69) is 15.4 Å². The Labute approximate surface area is 156 Å². The van der Waals surface area contributed by atoms with E-state index in [1.807, 2.05) is 39.0 Å². The number of pyridine rings is 1. The van der Waals surface area contributed by atoms with Crippen LogP contribution < -0.4 is 15.6 Å². The Morgan fingerprint density at radius 3 is 2.67 bits per heavy atom. The number of aromatic amines is 1. The van der Waals surface area contributed by atoms with Gasteiger partial charge in [0.25, 0.3) is 5.56 Å². The van der Waals surface area contributed by atoms with Gasteiger partial charge in [0.05, 0.1) is 24.4 Å². The fourth-order valence-electron chi connectivity index (χ4n) is 3.59. The van der Waals surface area contributed by atoms with Crippen molar-refractivity contribution in [3.05, 3.63) is 51.9 Å². The van der Waals surface area contributed by atoms with Gasteiger partial charge >= 0.3 is 0 Å². The number of hydrogen-bond donors (Lipinski definition) is 2. The number of ether oxygens (including phenoxy) is 1. The summed E-state index contributed by atoms with van der Waals surface area (Å²) in [6.45, 7) is 6.06. The summed E-state index contributed by atoms with van der Waals surface area (Å²) >= 11 is 0. The summed E-state index contributed by atoms with van der Waals surface area (Å²) in [6, 6.07) is 7.39. The Kier molecular flexibility index (Phi) is 3.83. The number of hydrogen-bond acceptors (Lipinski definition) is 4. The summed E-state index contributed by atoms with van der Waals surface area (Å²) in [5.74, 6) is 0.891. The van der Waals surface area contributed by atoms with Crippen molar-refractivity contribution in [1.82, 2.24) is 14.8 Å². The van der Waals surface area contributed by atoms with Gasteiger partial charge < -0.3 is 15.0 Å². The molecule has 1 amide bonds. The van der Waals surface area contributed by atoms with Crippen LogP contribution in [0.25, 0.3) is 10.9 Å². The summed E-state index contributed by atoms with van der Waals surface area (Å²) in [5, 5.41) is 8.28. The number of aromatic nitrogens is 3. The van der Waals surface area contributed by atoms with Crippen molar-refractivity contribution in [2.24, 2.45) is 0 Å². The normalized spacial score (nSPS) is 16.9. The molecule has 0 unspecified atom stereocenters. The van der Waals surface area contributed by atoms with Gasteiger partial charge in [-0.2, -0.15) is 5.10 Å². The largest absolute Gasteiger partial charge is 0.497 e. The molecule has 3 aromatic rings. The maximum Gasteiger partial charge on any atom is 0.252 e. The van der Waals surface area contributed by atoms with Crippen molar-refractivity contribution >= 4 is 22.6 Å². The van der Waals surface area contributed by atoms with Crippen LogP contribution in [0.5, 0.6) is 5.75 Å². The van der Waals surface area contributed by atoms with E-state index in [1.165, 1.54) is 0 Å². The second-order valence-corrected chi connectivity index (χ2v) is 7.84. The van der Waals surface area contributed by atoms with E-state index in [1.54, 1.807) is 24.1 Å². The summed E-state index contributed by atoms with van der Waals surface area (Å²) < 4.78 is 7.02. The second kappa shape index (κ2) is 5.97. The monoisotopic (exact) mass is 366 g/mol. The van der Waals surface area contributed by atoms with E-state index in [0.717, 1.165) is 10.9 Å². The Balaban J connectivity index is 1.87. The zero-order valence-electron chi connectivity index (χ0n) is 15.8. The first-order valence-corrected chi connectivity index (χ1v) is 8.87. The van der Waals surface area contributed by atoms with E-state index in [-0.39, 0.29) is 29.3 Å². The van der Waals surface area contributed by atoms with Crippen LogP contribution in [0.15, 0.2) is 35.3 Å². The van der Waals surface area contributed by atoms with Gasteiger partial charge in [0.1, 0.15) is 11.6 Å². The molecule has 1 aliphatic rings. The van der Waals surface area contributed by atoms with Crippen LogP contribution in [0, 0.1) is 0 Å². The second-order valence-electron chi connectivity index (χ2n) is 7.84. The number of anilines is 1. The maximum atomic E-state index is 12.8. The van der Waals surface area contributed by atoms with Gasteiger partial charge in [-0.1, -0.05) is 0 Å². The van der Waals surface area contributed by atoms with Crippen LogP contribution in [-0.4, -0.2) is 27.8 Å². The first-order valence-electron chi connectivity index (χ1n) is 8.87. The first kappa shape index (κ1) is 17.3. The fraction of sp³-hybridized carbons (Fsp3) is 0.350. The molecule has 2 aromatic heterocycles. The van der Waals surface area contributed by atoms with Gasteiger partial charge in [-0.05, 0) is 44.4 Å². The van der Waals surface area contributed by atoms with Crippen molar-refractivity contribution in [2.45, 2.75) is 38.6 Å². The number of benzene rings is 1. The minimum absolute atomic E-state index is 0.118. The molecule has 0 bridgehead atoms. The predicted octanol–water partition coefficient (Wildman–Crippen LogP) is 2.96. The fourth-order valence-corrected chi connectivity index (χ4v) is 3.59. The number of nitrogens with zero attached hydrogens (tertiary/aromatic N) is 2. The van der Waals surface area contributed by atoms with Crippen LogP contribution in [-0.2, 0) is 10.3 Å². The number of rotatable bonds is 2. The minimum atomic E-state index is -0.333. The number of nitrogens with one attached hydrogen (secondary N) is 2. The molecule has 7 nitrogen and oxygen atoms in total. The molecule has 0 saturated heterocycles. The first-order chi connectivity index (χ1) is 12.8. The third-order valence-electron chi connectivity index (χ3n) is 4.91. The van der Waals surface area contributed by atoms with Crippen molar-refractivity contribution < 1.29 is 9.53 Å². The Morgan fingerprint density at radius 1 is 1.19 bits per heavy atom. The van der Waals surface area contributed by atoms with Crippen LogP contribution in [0.1, 0.15) is 44.2 Å². The van der Waals surface area contributed by atoms with Crippen LogP contribution in [0.4, 0.5) is 5.82 Å². The van der Waals surface area contributed by atoms with Crippen molar-refractivity contribution in [1.29, 1.82) is 0 Å². The smallest absolute Gasteiger partial charge is 0.252 e. The lowest BCUT2D eigenvalue weighted by Gasteiger charge is -2.27. The molecule has 2 N–H and O–H groups in total. The lowest BCUT2D eigenvalue weighted by Crippen LogP contribution is -2.31. The summed E-state index contributed by atoms with van der Waals surface area (Å²) in [5.41, 5.74) is 1.65. The average molecular weight is 366 g/mol. The van der Waals surface area contributed by atoms with E-state index < -0.39 is 0 Å². The summed E-state index contributed by atoms with van der Waals surface area (Å²) in [4.78, 5) is 28.1. The highest BCUT2D eigenvalue weighted by atomic mass is 16.5. The lowest BCUT2D eigenvalue weighted by molar-refractivity contribution is -0.116. The molecule has 0 saturated carbocycles. The lowest BCUT2D eigenvalue weighted by atomic mass is 9.87. The minimum Gasteiger partial charge on any atom is -0.497 e. The molecule has 140 valence electrons. The van der Waals surface area contributed by atoms with Gasteiger partial charge in [-0.15, -0.1) is 0 Å². The quantitative estimate of drug-likeness (QED) is 0.730. The molecular formula is C20H22N4O3. The third kappa shape index (κ3) is 2.89. The Bertz CT molecular complexity index is 1100. The van der Waals surface area contributed by atoms with E-state index in [4.69, 9.17) is 4.74 Å². The molecule has 1 aliphatic heterocycles. The molecule has 0 aliphatic carbocycles. The molecular weight excluding hydrogens is 344 g/mol. The Morgan fingerprint density at radius 2 is 1.96 bits per heavy atom. The van der Waals surface area contributed by atoms with Gasteiger partial charge in [0.2, 0.25) is 5.91 Å². The molecule has 0 fully saturated rings. The highest BCUT2D eigenvalue weighted by Gasteiger charge is 2.33. The van der Waals surface area contributed by atoms with Gasteiger partial charge in [0, 0.05) is 29.5 Å². The number of carbonyl (C=O) groups is 1. The summed E-state index contributed by atoms with van der Waals surface area (Å²) in [7, 11) is 1.59. The van der Waals surface area contributed by atoms with Gasteiger partial charge in [0.15, 0.2) is 0 Å². The third-order valence-corrected chi connectivity index (χ3v) is 4.91. The summed E-state index contributed by atoms with van der Waals surface area (Å²) in [6.07, 6.45) is 1.97. The van der Waals surface area contributed by atoms with E-state index in [0.29, 0.717) is 22.6 Å². The van der Waals surface area contributed by atoms with Crippen molar-refractivity contribution in [3.8, 4) is 5.75 Å². The van der Waals surface area contributed by atoms with Crippen molar-refractivity contribution in [2.75, 3.05) is 12.4 Å². The topological polar surface area (TPSA) is 89.0 Å². The molecule has 3 heterocycles. The standard InChI is InChI=1S/C20H22N4O3/c1-20(2,3)24-18-15(10-21-24)13(9-17(25)23-18)14-7-11-5-6-12(27-4)8-16(11)22-19(14)26/h5-8,10,13H,9H2,1-4H3,(H,22,26)(H,23,25)/t13-/m0/s1. The molecule has 1 atom stereocenters. The molecule has 1 aromatic carbocycles. The predicted molar refractivity (Wildman–Crippen MR) is 103 cm³/mol. The number of methoxy groups -OCH3 is 1. The molecule has 0 spiro atoms. The zero-order chi connectivity index (χ0) is 19.3. The van der Waals surface area contributed by atoms with E-state index in [9.17, 15) is 9.59 Å². The molecule has 27 heavy (non-hydrogen) atoms. The number of carbonyl (C=O) groups excluding carboxylic acids is 1. The number of fused-ring (bicyclic) bond motifs is 2.